The minimum absolute atomic E-state index is 0.0106. The molecule has 2 heterocycles. The summed E-state index contributed by atoms with van der Waals surface area (Å²) in [4.78, 5) is 27.5. The first-order chi connectivity index (χ1) is 16.0. The molecule has 1 unspecified atom stereocenters. The first-order valence-corrected chi connectivity index (χ1v) is 10.3. The van der Waals surface area contributed by atoms with E-state index < -0.39 is 17.7 Å². The van der Waals surface area contributed by atoms with Crippen molar-refractivity contribution in [1.82, 2.24) is 4.90 Å². The Balaban J connectivity index is 1.79. The van der Waals surface area contributed by atoms with Gasteiger partial charge in [0.25, 0.3) is 11.7 Å². The van der Waals surface area contributed by atoms with Gasteiger partial charge in [0, 0.05) is 5.56 Å². The lowest BCUT2D eigenvalue weighted by Gasteiger charge is -2.24. The molecule has 33 heavy (non-hydrogen) atoms. The standard InChI is InChI=1S/C26H23NO6/c1-3-14-32-20-12-6-17(7-13-20)23-22(24(28)18-8-10-19(31-2)11-9-18)25(29)26(30)27(23)16-21-5-4-15-33-21/h3-13,15,23,28H,1,14,16H2,2H3. The smallest absolute Gasteiger partial charge is 0.296 e. The van der Waals surface area contributed by atoms with Gasteiger partial charge >= 0.3 is 0 Å². The van der Waals surface area contributed by atoms with Gasteiger partial charge in [-0.25, -0.2) is 0 Å². The van der Waals surface area contributed by atoms with Crippen molar-refractivity contribution < 1.29 is 28.6 Å². The molecule has 4 rings (SSSR count). The summed E-state index contributed by atoms with van der Waals surface area (Å²) >= 11 is 0. The fourth-order valence-corrected chi connectivity index (χ4v) is 3.77. The van der Waals surface area contributed by atoms with Gasteiger partial charge in [0.1, 0.15) is 29.6 Å². The van der Waals surface area contributed by atoms with Crippen molar-refractivity contribution in [3.05, 3.63) is 102 Å². The van der Waals surface area contributed by atoms with Crippen LogP contribution in [0.25, 0.3) is 5.76 Å². The van der Waals surface area contributed by atoms with Crippen LogP contribution in [0.15, 0.2) is 89.6 Å². The first kappa shape index (κ1) is 22.0. The molecule has 7 heteroatoms. The van der Waals surface area contributed by atoms with Crippen molar-refractivity contribution in [2.75, 3.05) is 13.7 Å². The third-order valence-electron chi connectivity index (χ3n) is 5.37. The molecule has 1 amide bonds. The maximum Gasteiger partial charge on any atom is 0.296 e. The normalized spacial score (nSPS) is 17.2. The fraction of sp³-hybridized carbons (Fsp3) is 0.154. The van der Waals surface area contributed by atoms with Gasteiger partial charge in [-0.05, 0) is 54.1 Å². The number of methoxy groups -OCH3 is 1. The lowest BCUT2D eigenvalue weighted by atomic mass is 9.95. The van der Waals surface area contributed by atoms with Crippen LogP contribution in [-0.4, -0.2) is 35.4 Å². The number of Topliss-reactive ketones (excluding diaryl/α,β-unsaturated/α-hetero) is 1. The SMILES string of the molecule is C=CCOc1ccc(C2C(=C(O)c3ccc(OC)cc3)C(=O)C(=O)N2Cc2ccco2)cc1. The summed E-state index contributed by atoms with van der Waals surface area (Å²) in [6.45, 7) is 4.06. The van der Waals surface area contributed by atoms with E-state index in [2.05, 4.69) is 6.58 Å². The number of furan rings is 1. The van der Waals surface area contributed by atoms with Crippen molar-refractivity contribution in [2.45, 2.75) is 12.6 Å². The summed E-state index contributed by atoms with van der Waals surface area (Å²) in [7, 11) is 1.54. The van der Waals surface area contributed by atoms with E-state index in [1.807, 2.05) is 0 Å². The van der Waals surface area contributed by atoms with Gasteiger partial charge in [-0.1, -0.05) is 24.8 Å². The molecule has 2 aromatic carbocycles. The molecule has 1 aromatic heterocycles. The highest BCUT2D eigenvalue weighted by molar-refractivity contribution is 6.46. The summed E-state index contributed by atoms with van der Waals surface area (Å²) in [6, 6.07) is 16.3. The summed E-state index contributed by atoms with van der Waals surface area (Å²) in [5.74, 6) is 0.0331. The number of carbonyl (C=O) groups is 2. The highest BCUT2D eigenvalue weighted by Gasteiger charge is 2.46. The molecule has 1 aliphatic rings. The number of amides is 1. The number of carbonyl (C=O) groups excluding carboxylic acids is 2. The second-order valence-corrected chi connectivity index (χ2v) is 7.40. The maximum atomic E-state index is 13.1. The molecule has 7 nitrogen and oxygen atoms in total. The third-order valence-corrected chi connectivity index (χ3v) is 5.37. The molecule has 1 N–H and O–H groups in total. The van der Waals surface area contributed by atoms with Crippen molar-refractivity contribution in [2.24, 2.45) is 0 Å². The number of hydrogen-bond acceptors (Lipinski definition) is 6. The molecule has 1 fully saturated rings. The van der Waals surface area contributed by atoms with Gasteiger partial charge < -0.3 is 23.9 Å². The van der Waals surface area contributed by atoms with Crippen LogP contribution in [0.4, 0.5) is 0 Å². The molecule has 168 valence electrons. The Morgan fingerprint density at radius 3 is 2.39 bits per heavy atom. The lowest BCUT2D eigenvalue weighted by Crippen LogP contribution is -2.29. The topological polar surface area (TPSA) is 89.2 Å². The van der Waals surface area contributed by atoms with E-state index in [4.69, 9.17) is 13.9 Å². The zero-order chi connectivity index (χ0) is 23.4. The van der Waals surface area contributed by atoms with E-state index in [-0.39, 0.29) is 17.9 Å². The number of aliphatic hydroxyl groups is 1. The van der Waals surface area contributed by atoms with E-state index in [0.29, 0.717) is 35.0 Å². The minimum atomic E-state index is -0.800. The van der Waals surface area contributed by atoms with Gasteiger partial charge in [0.05, 0.1) is 31.5 Å². The maximum absolute atomic E-state index is 13.1. The monoisotopic (exact) mass is 445 g/mol. The quantitative estimate of drug-likeness (QED) is 0.238. The molecule has 0 radical (unpaired) electrons. The van der Waals surface area contributed by atoms with Gasteiger partial charge in [0.15, 0.2) is 0 Å². The zero-order valence-electron chi connectivity index (χ0n) is 18.1. The first-order valence-electron chi connectivity index (χ1n) is 10.3. The minimum Gasteiger partial charge on any atom is -0.507 e. The van der Waals surface area contributed by atoms with Gasteiger partial charge in [-0.2, -0.15) is 0 Å². The molecule has 0 aliphatic carbocycles. The fourth-order valence-electron chi connectivity index (χ4n) is 3.77. The van der Waals surface area contributed by atoms with Crippen LogP contribution in [0, 0.1) is 0 Å². The predicted octanol–water partition coefficient (Wildman–Crippen LogP) is 4.47. The number of aliphatic hydroxyl groups excluding tert-OH is 1. The number of rotatable bonds is 8. The number of nitrogens with zero attached hydrogens (tertiary/aromatic N) is 1. The van der Waals surface area contributed by atoms with E-state index in [1.165, 1.54) is 18.3 Å². The summed E-state index contributed by atoms with van der Waals surface area (Å²) < 4.78 is 16.1. The Morgan fingerprint density at radius 1 is 1.09 bits per heavy atom. The van der Waals surface area contributed by atoms with Crippen molar-refractivity contribution in [1.29, 1.82) is 0 Å². The van der Waals surface area contributed by atoms with Crippen LogP contribution < -0.4 is 9.47 Å². The van der Waals surface area contributed by atoms with Gasteiger partial charge in [-0.3, -0.25) is 9.59 Å². The molecule has 1 atom stereocenters. The predicted molar refractivity (Wildman–Crippen MR) is 122 cm³/mol. The highest BCUT2D eigenvalue weighted by atomic mass is 16.5. The van der Waals surface area contributed by atoms with Crippen molar-refractivity contribution in [3.63, 3.8) is 0 Å². The summed E-state index contributed by atoms with van der Waals surface area (Å²) in [6.07, 6.45) is 3.14. The average Bonchev–Trinajstić information content (AvgIpc) is 3.45. The van der Waals surface area contributed by atoms with E-state index in [9.17, 15) is 14.7 Å². The number of benzene rings is 2. The van der Waals surface area contributed by atoms with Crippen LogP contribution >= 0.6 is 0 Å². The highest BCUT2D eigenvalue weighted by Crippen LogP contribution is 2.40. The lowest BCUT2D eigenvalue weighted by molar-refractivity contribution is -0.140. The van der Waals surface area contributed by atoms with E-state index in [0.717, 1.165) is 0 Å². The summed E-state index contributed by atoms with van der Waals surface area (Å²) in [5.41, 5.74) is 1.07. The van der Waals surface area contributed by atoms with Crippen molar-refractivity contribution >= 4 is 17.4 Å². The summed E-state index contributed by atoms with van der Waals surface area (Å²) in [5, 5.41) is 11.1. The molecule has 0 spiro atoms. The molecular formula is C26H23NO6. The van der Waals surface area contributed by atoms with Crippen molar-refractivity contribution in [3.8, 4) is 11.5 Å². The molecule has 0 saturated carbocycles. The van der Waals surface area contributed by atoms with Crippen LogP contribution in [0.1, 0.15) is 22.9 Å². The van der Waals surface area contributed by atoms with Gasteiger partial charge in [0.2, 0.25) is 0 Å². The second-order valence-electron chi connectivity index (χ2n) is 7.40. The second kappa shape index (κ2) is 9.48. The molecule has 1 saturated heterocycles. The van der Waals surface area contributed by atoms with Crippen LogP contribution in [-0.2, 0) is 16.1 Å². The Morgan fingerprint density at radius 2 is 1.79 bits per heavy atom. The molecular weight excluding hydrogens is 422 g/mol. The van der Waals surface area contributed by atoms with Gasteiger partial charge in [-0.15, -0.1) is 0 Å². The number of ketones is 1. The number of ether oxygens (including phenoxy) is 2. The Hall–Kier alpha value is -4.26. The van der Waals surface area contributed by atoms with E-state index >= 15 is 0 Å². The number of likely N-dealkylation sites (tertiary alicyclic amines) is 1. The van der Waals surface area contributed by atoms with Crippen LogP contribution in [0.5, 0.6) is 11.5 Å². The Kier molecular flexibility index (Phi) is 6.31. The number of hydrogen-bond donors (Lipinski definition) is 1. The largest absolute Gasteiger partial charge is 0.507 e. The van der Waals surface area contributed by atoms with E-state index in [1.54, 1.807) is 66.7 Å². The Labute approximate surface area is 191 Å². The third kappa shape index (κ3) is 4.39. The van der Waals surface area contributed by atoms with Crippen LogP contribution in [0.2, 0.25) is 0 Å². The zero-order valence-corrected chi connectivity index (χ0v) is 18.1. The average molecular weight is 445 g/mol. The molecule has 1 aliphatic heterocycles. The van der Waals surface area contributed by atoms with Crippen LogP contribution in [0.3, 0.4) is 0 Å². The molecule has 3 aromatic rings. The Bertz CT molecular complexity index is 1180. The molecule has 0 bridgehead atoms.